The van der Waals surface area contributed by atoms with E-state index in [1.54, 1.807) is 18.2 Å². The van der Waals surface area contributed by atoms with E-state index >= 15 is 0 Å². The predicted molar refractivity (Wildman–Crippen MR) is 132 cm³/mol. The molecule has 0 saturated heterocycles. The number of carbonyl (C=O) groups is 1. The number of benzene rings is 3. The second-order valence-electron chi connectivity index (χ2n) is 7.48. The first kappa shape index (κ1) is 24.8. The molecule has 0 atom stereocenters. The lowest BCUT2D eigenvalue weighted by atomic mass is 10.2. The third-order valence-corrected chi connectivity index (χ3v) is 5.08. The van der Waals surface area contributed by atoms with Gasteiger partial charge in [-0.15, -0.1) is 4.68 Å². The molecule has 0 saturated carbocycles. The van der Waals surface area contributed by atoms with Gasteiger partial charge in [0.15, 0.2) is 12.4 Å². The minimum Gasteiger partial charge on any atom is -0.493 e. The van der Waals surface area contributed by atoms with Crippen LogP contribution < -0.4 is 26.0 Å². The number of para-hydroxylation sites is 2. The fourth-order valence-corrected chi connectivity index (χ4v) is 3.38. The second kappa shape index (κ2) is 10.5. The molecule has 13 heteroatoms. The molecule has 4 aromatic rings. The Bertz CT molecular complexity index is 1660. The lowest BCUT2D eigenvalue weighted by Crippen LogP contribution is -2.32. The van der Waals surface area contributed by atoms with Gasteiger partial charge in [0.2, 0.25) is 5.75 Å². The zero-order chi connectivity index (χ0) is 26.5. The van der Waals surface area contributed by atoms with Gasteiger partial charge in [-0.1, -0.05) is 24.3 Å². The van der Waals surface area contributed by atoms with E-state index in [2.05, 4.69) is 15.4 Å². The number of hydrogen-bond acceptors (Lipinski definition) is 8. The number of hydrogen-bond donors (Lipinski definition) is 2. The molecule has 0 aliphatic rings. The molecule has 37 heavy (non-hydrogen) atoms. The number of carbonyl (C=O) groups excluding carboxylic acids is 1. The number of H-pyrrole nitrogens is 1. The molecule has 1 heterocycles. The maximum atomic E-state index is 13.7. The summed E-state index contributed by atoms with van der Waals surface area (Å²) in [6.07, 6.45) is 1.07. The summed E-state index contributed by atoms with van der Waals surface area (Å²) in [6, 6.07) is 14.2. The van der Waals surface area contributed by atoms with Crippen molar-refractivity contribution in [3.05, 3.63) is 103 Å². The van der Waals surface area contributed by atoms with Crippen molar-refractivity contribution in [2.75, 3.05) is 19.0 Å². The molecule has 0 radical (unpaired) electrons. The van der Waals surface area contributed by atoms with Gasteiger partial charge in [-0.3, -0.25) is 19.7 Å². The Morgan fingerprint density at radius 2 is 1.92 bits per heavy atom. The van der Waals surface area contributed by atoms with E-state index in [9.17, 15) is 28.9 Å². The Morgan fingerprint density at radius 1 is 1.19 bits per heavy atom. The van der Waals surface area contributed by atoms with Crippen LogP contribution in [0.3, 0.4) is 0 Å². The van der Waals surface area contributed by atoms with E-state index in [1.807, 2.05) is 0 Å². The Morgan fingerprint density at radius 3 is 2.65 bits per heavy atom. The van der Waals surface area contributed by atoms with Crippen LogP contribution in [0.5, 0.6) is 11.5 Å². The minimum absolute atomic E-state index is 0.0805. The van der Waals surface area contributed by atoms with Crippen molar-refractivity contribution in [1.29, 1.82) is 0 Å². The molecule has 12 nitrogen and oxygen atoms in total. The first-order valence-corrected chi connectivity index (χ1v) is 10.6. The largest absolute Gasteiger partial charge is 0.493 e. The summed E-state index contributed by atoms with van der Waals surface area (Å²) < 4.78 is 24.9. The lowest BCUT2D eigenvalue weighted by molar-refractivity contribution is -0.385. The molecule has 4 rings (SSSR count). The van der Waals surface area contributed by atoms with Crippen molar-refractivity contribution in [3.8, 4) is 11.5 Å². The highest BCUT2D eigenvalue weighted by molar-refractivity contribution is 5.92. The Hall–Kier alpha value is -5.33. The number of aromatic amines is 1. The first-order chi connectivity index (χ1) is 17.8. The molecular formula is C24H18FN5O7. The van der Waals surface area contributed by atoms with Crippen molar-refractivity contribution in [2.45, 2.75) is 0 Å². The first-order valence-electron chi connectivity index (χ1n) is 10.6. The fourth-order valence-electron chi connectivity index (χ4n) is 3.38. The van der Waals surface area contributed by atoms with Gasteiger partial charge >= 0.3 is 11.4 Å². The smallest absolute Gasteiger partial charge is 0.349 e. The van der Waals surface area contributed by atoms with Crippen molar-refractivity contribution in [2.24, 2.45) is 5.10 Å². The molecule has 0 spiro atoms. The molecule has 2 N–H and O–H groups in total. The molecule has 188 valence electrons. The zero-order valence-corrected chi connectivity index (χ0v) is 19.1. The van der Waals surface area contributed by atoms with E-state index < -0.39 is 40.2 Å². The van der Waals surface area contributed by atoms with Gasteiger partial charge in [0.1, 0.15) is 5.82 Å². The number of nitro groups is 1. The molecule has 0 bridgehead atoms. The number of nitro benzene ring substituents is 1. The second-order valence-corrected chi connectivity index (χ2v) is 7.48. The molecule has 0 fully saturated rings. The average molecular weight is 507 g/mol. The van der Waals surface area contributed by atoms with Crippen LogP contribution >= 0.6 is 0 Å². The summed E-state index contributed by atoms with van der Waals surface area (Å²) >= 11 is 0. The van der Waals surface area contributed by atoms with Gasteiger partial charge in [-0.05, 0) is 30.3 Å². The molecule has 1 aromatic heterocycles. The van der Waals surface area contributed by atoms with E-state index in [0.717, 1.165) is 18.3 Å². The molecule has 0 unspecified atom stereocenters. The van der Waals surface area contributed by atoms with Crippen molar-refractivity contribution in [1.82, 2.24) is 9.66 Å². The molecule has 3 aromatic carbocycles. The van der Waals surface area contributed by atoms with E-state index in [1.165, 1.54) is 37.4 Å². The third-order valence-electron chi connectivity index (χ3n) is 5.08. The summed E-state index contributed by atoms with van der Waals surface area (Å²) in [4.78, 5) is 50.6. The normalized spacial score (nSPS) is 11.0. The molecule has 1 amide bonds. The van der Waals surface area contributed by atoms with Crippen LogP contribution in [0.1, 0.15) is 5.56 Å². The summed E-state index contributed by atoms with van der Waals surface area (Å²) in [7, 11) is 1.23. The minimum atomic E-state index is -0.803. The summed E-state index contributed by atoms with van der Waals surface area (Å²) in [5.41, 5.74) is -1.70. The molecule has 0 aliphatic carbocycles. The number of rotatable bonds is 8. The van der Waals surface area contributed by atoms with Crippen LogP contribution in [0.25, 0.3) is 10.9 Å². The van der Waals surface area contributed by atoms with Crippen molar-refractivity contribution in [3.63, 3.8) is 0 Å². The van der Waals surface area contributed by atoms with Crippen molar-refractivity contribution >= 4 is 34.4 Å². The third kappa shape index (κ3) is 5.35. The standard InChI is InChI=1S/C24H18FN5O7/c1-36-20-11-14(12-26-29-23(32)15-6-2-4-8-17(15)28-24(29)33)10-19(30(34)35)22(20)37-13-21(31)27-18-9-5-3-7-16(18)25/h2-12H,13H2,1H3,(H,27,31)(H,28,33). The number of ether oxygens (including phenoxy) is 2. The SMILES string of the molecule is COc1cc(C=Nn2c(=O)[nH]c3ccccc3c2=O)cc([N+](=O)[O-])c1OCC(=O)Nc1ccccc1F. The van der Waals surface area contributed by atoms with Gasteiger partial charge in [0.05, 0.1) is 34.8 Å². The van der Waals surface area contributed by atoms with Gasteiger partial charge in [0, 0.05) is 11.6 Å². The van der Waals surface area contributed by atoms with Crippen LogP contribution in [0.15, 0.2) is 75.4 Å². The van der Waals surface area contributed by atoms with Crippen LogP contribution in [0, 0.1) is 15.9 Å². The monoisotopic (exact) mass is 507 g/mol. The average Bonchev–Trinajstić information content (AvgIpc) is 2.88. The Balaban J connectivity index is 1.62. The molecule has 0 aliphatic heterocycles. The van der Waals surface area contributed by atoms with E-state index in [-0.39, 0.29) is 28.1 Å². The summed E-state index contributed by atoms with van der Waals surface area (Å²) in [5.74, 6) is -1.89. The van der Waals surface area contributed by atoms with E-state index in [0.29, 0.717) is 10.2 Å². The van der Waals surface area contributed by atoms with Gasteiger partial charge in [-0.2, -0.15) is 5.10 Å². The van der Waals surface area contributed by atoms with E-state index in [4.69, 9.17) is 9.47 Å². The number of methoxy groups -OCH3 is 1. The van der Waals surface area contributed by atoms with Crippen LogP contribution in [0.2, 0.25) is 0 Å². The Labute approximate surface area is 206 Å². The van der Waals surface area contributed by atoms with Crippen LogP contribution in [0.4, 0.5) is 15.8 Å². The van der Waals surface area contributed by atoms with Gasteiger partial charge in [0.25, 0.3) is 11.5 Å². The summed E-state index contributed by atoms with van der Waals surface area (Å²) in [5, 5.41) is 18.1. The van der Waals surface area contributed by atoms with Crippen LogP contribution in [-0.2, 0) is 4.79 Å². The maximum absolute atomic E-state index is 13.7. The lowest BCUT2D eigenvalue weighted by Gasteiger charge is -2.12. The highest BCUT2D eigenvalue weighted by Gasteiger charge is 2.23. The Kier molecular flexibility index (Phi) is 7.04. The topological polar surface area (TPSA) is 158 Å². The maximum Gasteiger partial charge on any atom is 0.349 e. The number of aromatic nitrogens is 2. The van der Waals surface area contributed by atoms with Gasteiger partial charge in [-0.25, -0.2) is 9.18 Å². The number of amides is 1. The zero-order valence-electron chi connectivity index (χ0n) is 19.1. The highest BCUT2D eigenvalue weighted by atomic mass is 19.1. The highest BCUT2D eigenvalue weighted by Crippen LogP contribution is 2.38. The van der Waals surface area contributed by atoms with Crippen LogP contribution in [-0.4, -0.2) is 40.4 Å². The predicted octanol–water partition coefficient (Wildman–Crippen LogP) is 2.65. The fraction of sp³-hybridized carbons (Fsp3) is 0.0833. The quantitative estimate of drug-likeness (QED) is 0.211. The van der Waals surface area contributed by atoms with Crippen molar-refractivity contribution < 1.29 is 23.6 Å². The number of nitrogens with zero attached hydrogens (tertiary/aromatic N) is 3. The summed E-state index contributed by atoms with van der Waals surface area (Å²) in [6.45, 7) is -0.680. The number of halogens is 1. The number of anilines is 1. The number of fused-ring (bicyclic) bond motifs is 1. The number of nitrogens with one attached hydrogen (secondary N) is 2. The van der Waals surface area contributed by atoms with Gasteiger partial charge < -0.3 is 19.8 Å². The molecular weight excluding hydrogens is 489 g/mol.